The Balaban J connectivity index is 1.83. The van der Waals surface area contributed by atoms with E-state index in [2.05, 4.69) is 22.0 Å². The number of H-pyrrole nitrogens is 1. The number of hydrogen-bond acceptors (Lipinski definition) is 3. The number of hydrogen-bond donors (Lipinski definition) is 1. The molecule has 1 aromatic rings. The first-order valence-electron chi connectivity index (χ1n) is 5.69. The van der Waals surface area contributed by atoms with Crippen LogP contribution in [0.15, 0.2) is 0 Å². The summed E-state index contributed by atoms with van der Waals surface area (Å²) in [6.07, 6.45) is 2.33. The highest BCUT2D eigenvalue weighted by Gasteiger charge is 2.28. The fourth-order valence-electron chi connectivity index (χ4n) is 2.40. The maximum atomic E-state index is 5.26. The quantitative estimate of drug-likeness (QED) is 0.742. The minimum Gasteiger partial charge on any atom is -0.378 e. The molecule has 3 rings (SSSR count). The second-order valence-corrected chi connectivity index (χ2v) is 4.54. The SMILES string of the molecule is Cc1[nH]nc2c1CN(C1COC1)CCC2. The van der Waals surface area contributed by atoms with E-state index in [9.17, 15) is 0 Å². The Bertz CT molecular complexity index is 357. The van der Waals surface area contributed by atoms with E-state index in [4.69, 9.17) is 4.74 Å². The smallest absolute Gasteiger partial charge is 0.0670 e. The van der Waals surface area contributed by atoms with Crippen molar-refractivity contribution in [3.05, 3.63) is 17.0 Å². The van der Waals surface area contributed by atoms with E-state index in [1.54, 1.807) is 0 Å². The van der Waals surface area contributed by atoms with Crippen LogP contribution in [0, 0.1) is 6.92 Å². The molecule has 1 N–H and O–H groups in total. The molecule has 1 saturated heterocycles. The van der Waals surface area contributed by atoms with Gasteiger partial charge in [-0.25, -0.2) is 0 Å². The van der Waals surface area contributed by atoms with Gasteiger partial charge in [-0.2, -0.15) is 5.10 Å². The normalized spacial score (nSPS) is 23.3. The number of aromatic amines is 1. The molecule has 0 aromatic carbocycles. The van der Waals surface area contributed by atoms with Crippen LogP contribution in [0.1, 0.15) is 23.4 Å². The Labute approximate surface area is 89.6 Å². The van der Waals surface area contributed by atoms with Crippen molar-refractivity contribution in [1.82, 2.24) is 15.1 Å². The summed E-state index contributed by atoms with van der Waals surface area (Å²) in [5.41, 5.74) is 3.92. The van der Waals surface area contributed by atoms with E-state index in [1.165, 1.54) is 29.9 Å². The summed E-state index contributed by atoms with van der Waals surface area (Å²) in [5, 5.41) is 7.47. The molecule has 1 aromatic heterocycles. The third-order valence-corrected chi connectivity index (χ3v) is 3.52. The maximum Gasteiger partial charge on any atom is 0.0670 e. The predicted octanol–water partition coefficient (Wildman–Crippen LogP) is 0.865. The summed E-state index contributed by atoms with van der Waals surface area (Å²) in [5.74, 6) is 0. The Hall–Kier alpha value is -0.870. The largest absolute Gasteiger partial charge is 0.378 e. The van der Waals surface area contributed by atoms with Gasteiger partial charge in [0, 0.05) is 17.8 Å². The Morgan fingerprint density at radius 1 is 1.47 bits per heavy atom. The van der Waals surface area contributed by atoms with E-state index >= 15 is 0 Å². The summed E-state index contributed by atoms with van der Waals surface area (Å²) in [6, 6.07) is 0.644. The van der Waals surface area contributed by atoms with Gasteiger partial charge in [0.2, 0.25) is 0 Å². The molecule has 4 heteroatoms. The van der Waals surface area contributed by atoms with Gasteiger partial charge in [0.15, 0.2) is 0 Å². The van der Waals surface area contributed by atoms with Crippen molar-refractivity contribution >= 4 is 0 Å². The number of nitrogens with zero attached hydrogens (tertiary/aromatic N) is 2. The standard InChI is InChI=1S/C11H17N3O/c1-8-10-5-14(9-6-15-7-9)4-2-3-11(10)13-12-8/h9H,2-7H2,1H3,(H,12,13). The van der Waals surface area contributed by atoms with E-state index < -0.39 is 0 Å². The highest BCUT2D eigenvalue weighted by Crippen LogP contribution is 2.23. The summed E-state index contributed by atoms with van der Waals surface area (Å²) < 4.78 is 5.26. The molecule has 0 bridgehead atoms. The average molecular weight is 207 g/mol. The molecule has 0 unspecified atom stereocenters. The number of ether oxygens (including phenoxy) is 1. The molecule has 3 heterocycles. The lowest BCUT2D eigenvalue weighted by Crippen LogP contribution is -2.48. The van der Waals surface area contributed by atoms with Crippen molar-refractivity contribution in [3.8, 4) is 0 Å². The summed E-state index contributed by atoms with van der Waals surface area (Å²) in [7, 11) is 0. The van der Waals surface area contributed by atoms with Gasteiger partial charge in [-0.05, 0) is 26.3 Å². The van der Waals surface area contributed by atoms with Crippen LogP contribution in [0.25, 0.3) is 0 Å². The first-order valence-corrected chi connectivity index (χ1v) is 5.69. The molecule has 15 heavy (non-hydrogen) atoms. The molecule has 0 aliphatic carbocycles. The minimum atomic E-state index is 0.644. The monoisotopic (exact) mass is 207 g/mol. The zero-order valence-corrected chi connectivity index (χ0v) is 9.12. The van der Waals surface area contributed by atoms with Gasteiger partial charge in [0.25, 0.3) is 0 Å². The minimum absolute atomic E-state index is 0.644. The summed E-state index contributed by atoms with van der Waals surface area (Å²) in [4.78, 5) is 2.54. The topological polar surface area (TPSA) is 41.2 Å². The van der Waals surface area contributed by atoms with Crippen molar-refractivity contribution in [2.24, 2.45) is 0 Å². The lowest BCUT2D eigenvalue weighted by Gasteiger charge is -2.36. The van der Waals surface area contributed by atoms with E-state index in [0.717, 1.165) is 26.2 Å². The summed E-state index contributed by atoms with van der Waals surface area (Å²) in [6.45, 7) is 6.17. The maximum absolute atomic E-state index is 5.26. The molecule has 82 valence electrons. The number of aryl methyl sites for hydroxylation is 2. The average Bonchev–Trinajstić information content (AvgIpc) is 2.39. The van der Waals surface area contributed by atoms with E-state index in [0.29, 0.717) is 6.04 Å². The number of rotatable bonds is 1. The molecule has 2 aliphatic heterocycles. The third-order valence-electron chi connectivity index (χ3n) is 3.52. The first kappa shape index (κ1) is 9.36. The van der Waals surface area contributed by atoms with Gasteiger partial charge in [-0.1, -0.05) is 0 Å². The van der Waals surface area contributed by atoms with Gasteiger partial charge in [-0.15, -0.1) is 0 Å². The second kappa shape index (κ2) is 3.61. The Kier molecular flexibility index (Phi) is 2.25. The van der Waals surface area contributed by atoms with Crippen LogP contribution in [0.2, 0.25) is 0 Å². The highest BCUT2D eigenvalue weighted by atomic mass is 16.5. The van der Waals surface area contributed by atoms with Crippen LogP contribution in [0.4, 0.5) is 0 Å². The Morgan fingerprint density at radius 2 is 2.33 bits per heavy atom. The number of fused-ring (bicyclic) bond motifs is 1. The second-order valence-electron chi connectivity index (χ2n) is 4.54. The fraction of sp³-hybridized carbons (Fsp3) is 0.727. The number of aromatic nitrogens is 2. The van der Waals surface area contributed by atoms with Crippen LogP contribution in [-0.4, -0.2) is 40.9 Å². The van der Waals surface area contributed by atoms with Crippen molar-refractivity contribution < 1.29 is 4.74 Å². The van der Waals surface area contributed by atoms with Gasteiger partial charge in [-0.3, -0.25) is 10.00 Å². The van der Waals surface area contributed by atoms with Crippen LogP contribution >= 0.6 is 0 Å². The predicted molar refractivity (Wildman–Crippen MR) is 56.7 cm³/mol. The van der Waals surface area contributed by atoms with Gasteiger partial charge >= 0.3 is 0 Å². The molecule has 0 amide bonds. The molecule has 0 radical (unpaired) electrons. The van der Waals surface area contributed by atoms with Crippen LogP contribution in [0.5, 0.6) is 0 Å². The van der Waals surface area contributed by atoms with E-state index in [1.807, 2.05) is 0 Å². The van der Waals surface area contributed by atoms with Crippen molar-refractivity contribution in [2.75, 3.05) is 19.8 Å². The highest BCUT2D eigenvalue weighted by molar-refractivity contribution is 5.25. The molecular weight excluding hydrogens is 190 g/mol. The van der Waals surface area contributed by atoms with Gasteiger partial charge < -0.3 is 4.74 Å². The number of nitrogens with one attached hydrogen (secondary N) is 1. The van der Waals surface area contributed by atoms with Gasteiger partial charge in [0.05, 0.1) is 24.9 Å². The third kappa shape index (κ3) is 1.58. The van der Waals surface area contributed by atoms with Crippen molar-refractivity contribution in [3.63, 3.8) is 0 Å². The Morgan fingerprint density at radius 3 is 3.07 bits per heavy atom. The van der Waals surface area contributed by atoms with Crippen molar-refractivity contribution in [1.29, 1.82) is 0 Å². The molecule has 2 aliphatic rings. The zero-order chi connectivity index (χ0) is 10.3. The molecule has 0 saturated carbocycles. The van der Waals surface area contributed by atoms with Crippen LogP contribution in [0.3, 0.4) is 0 Å². The van der Waals surface area contributed by atoms with Crippen LogP contribution < -0.4 is 0 Å². The van der Waals surface area contributed by atoms with Crippen molar-refractivity contribution in [2.45, 2.75) is 32.4 Å². The zero-order valence-electron chi connectivity index (χ0n) is 9.12. The molecule has 0 spiro atoms. The van der Waals surface area contributed by atoms with Gasteiger partial charge in [0.1, 0.15) is 0 Å². The molecule has 4 nitrogen and oxygen atoms in total. The molecule has 0 atom stereocenters. The summed E-state index contributed by atoms with van der Waals surface area (Å²) >= 11 is 0. The van der Waals surface area contributed by atoms with E-state index in [-0.39, 0.29) is 0 Å². The molecule has 1 fully saturated rings. The lowest BCUT2D eigenvalue weighted by molar-refractivity contribution is -0.0674. The lowest BCUT2D eigenvalue weighted by atomic mass is 10.1. The molecular formula is C11H17N3O. The first-order chi connectivity index (χ1) is 7.34. The van der Waals surface area contributed by atoms with Crippen LogP contribution in [-0.2, 0) is 17.7 Å². The fourth-order valence-corrected chi connectivity index (χ4v) is 2.40.